The zero-order valence-corrected chi connectivity index (χ0v) is 11.1. The number of aromatic nitrogens is 1. The van der Waals surface area contributed by atoms with E-state index in [1.807, 2.05) is 6.07 Å². The normalized spacial score (nSPS) is 9.65. The topological polar surface area (TPSA) is 72.2 Å². The first-order chi connectivity index (χ1) is 9.71. The number of hydrogen-bond acceptors (Lipinski definition) is 5. The van der Waals surface area contributed by atoms with Crippen LogP contribution in [0.15, 0.2) is 36.7 Å². The zero-order valence-electron chi connectivity index (χ0n) is 11.1. The van der Waals surface area contributed by atoms with Crippen LogP contribution in [-0.2, 0) is 4.74 Å². The number of ether oxygens (including phenoxy) is 2. The summed E-state index contributed by atoms with van der Waals surface area (Å²) in [6.45, 7) is 0. The average molecular weight is 268 g/mol. The highest BCUT2D eigenvalue weighted by Gasteiger charge is 2.16. The Balaban J connectivity index is 2.63. The largest absolute Gasteiger partial charge is 0.496 e. The van der Waals surface area contributed by atoms with Crippen molar-refractivity contribution in [3.63, 3.8) is 0 Å². The maximum Gasteiger partial charge on any atom is 0.338 e. The van der Waals surface area contributed by atoms with Gasteiger partial charge >= 0.3 is 5.97 Å². The molecule has 0 fully saturated rings. The molecule has 0 bridgehead atoms. The molecule has 0 saturated carbocycles. The summed E-state index contributed by atoms with van der Waals surface area (Å²) >= 11 is 0. The fourth-order valence-electron chi connectivity index (χ4n) is 1.88. The number of carbonyl (C=O) groups excluding carboxylic acids is 1. The lowest BCUT2D eigenvalue weighted by Gasteiger charge is -2.11. The van der Waals surface area contributed by atoms with Gasteiger partial charge in [0, 0.05) is 23.5 Å². The zero-order chi connectivity index (χ0) is 14.5. The third-order valence-electron chi connectivity index (χ3n) is 2.85. The van der Waals surface area contributed by atoms with Crippen molar-refractivity contribution in [3.8, 4) is 22.9 Å². The highest BCUT2D eigenvalue weighted by Crippen LogP contribution is 2.32. The van der Waals surface area contributed by atoms with Gasteiger partial charge in [-0.25, -0.2) is 4.79 Å². The van der Waals surface area contributed by atoms with Gasteiger partial charge in [-0.3, -0.25) is 4.98 Å². The third-order valence-corrected chi connectivity index (χ3v) is 2.85. The van der Waals surface area contributed by atoms with Crippen molar-refractivity contribution in [2.24, 2.45) is 0 Å². The predicted molar refractivity (Wildman–Crippen MR) is 72.3 cm³/mol. The lowest BCUT2D eigenvalue weighted by atomic mass is 10.00. The van der Waals surface area contributed by atoms with Crippen molar-refractivity contribution in [1.82, 2.24) is 4.98 Å². The van der Waals surface area contributed by atoms with Gasteiger partial charge in [0.05, 0.1) is 31.4 Å². The van der Waals surface area contributed by atoms with E-state index in [0.717, 1.165) is 0 Å². The van der Waals surface area contributed by atoms with Gasteiger partial charge in [0.1, 0.15) is 5.75 Å². The molecular weight excluding hydrogens is 256 g/mol. The Hall–Kier alpha value is -2.87. The third kappa shape index (κ3) is 2.45. The van der Waals surface area contributed by atoms with E-state index >= 15 is 0 Å². The Bertz CT molecular complexity index is 690. The van der Waals surface area contributed by atoms with Crippen molar-refractivity contribution in [2.75, 3.05) is 14.2 Å². The molecule has 1 aromatic carbocycles. The Morgan fingerprint density at radius 3 is 2.70 bits per heavy atom. The van der Waals surface area contributed by atoms with E-state index in [2.05, 4.69) is 4.98 Å². The highest BCUT2D eigenvalue weighted by molar-refractivity contribution is 5.97. The number of nitriles is 1. The second kappa shape index (κ2) is 5.85. The molecule has 1 heterocycles. The predicted octanol–water partition coefficient (Wildman–Crippen LogP) is 2.42. The molecule has 20 heavy (non-hydrogen) atoms. The van der Waals surface area contributed by atoms with Crippen molar-refractivity contribution in [3.05, 3.63) is 47.8 Å². The second-order valence-electron chi connectivity index (χ2n) is 3.94. The minimum absolute atomic E-state index is 0.394. The number of benzene rings is 1. The van der Waals surface area contributed by atoms with E-state index in [9.17, 15) is 4.79 Å². The first kappa shape index (κ1) is 13.6. The summed E-state index contributed by atoms with van der Waals surface area (Å²) in [6, 6.07) is 8.62. The molecule has 0 unspecified atom stereocenters. The van der Waals surface area contributed by atoms with Gasteiger partial charge in [0.2, 0.25) is 0 Å². The monoisotopic (exact) mass is 268 g/mol. The molecule has 5 nitrogen and oxygen atoms in total. The van der Waals surface area contributed by atoms with Crippen molar-refractivity contribution >= 4 is 5.97 Å². The molecule has 0 aliphatic heterocycles. The summed E-state index contributed by atoms with van der Waals surface area (Å²) in [5.41, 5.74) is 2.15. The quantitative estimate of drug-likeness (QED) is 0.799. The van der Waals surface area contributed by atoms with Gasteiger partial charge in [0.15, 0.2) is 0 Å². The van der Waals surface area contributed by atoms with Crippen LogP contribution in [0.3, 0.4) is 0 Å². The minimum Gasteiger partial charge on any atom is -0.496 e. The van der Waals surface area contributed by atoms with Gasteiger partial charge in [-0.15, -0.1) is 0 Å². The Morgan fingerprint density at radius 2 is 2.05 bits per heavy atom. The molecule has 0 radical (unpaired) electrons. The molecule has 0 N–H and O–H groups in total. The smallest absolute Gasteiger partial charge is 0.338 e. The number of hydrogen-bond donors (Lipinski definition) is 0. The van der Waals surface area contributed by atoms with Gasteiger partial charge in [0.25, 0.3) is 0 Å². The number of pyridine rings is 1. The molecule has 0 amide bonds. The number of methoxy groups -OCH3 is 2. The van der Waals surface area contributed by atoms with Crippen LogP contribution in [0.4, 0.5) is 0 Å². The number of rotatable bonds is 3. The molecule has 100 valence electrons. The number of esters is 1. The van der Waals surface area contributed by atoms with Crippen molar-refractivity contribution in [2.45, 2.75) is 0 Å². The lowest BCUT2D eigenvalue weighted by Crippen LogP contribution is -2.04. The number of carbonyl (C=O) groups is 1. The fourth-order valence-corrected chi connectivity index (χ4v) is 1.88. The highest BCUT2D eigenvalue weighted by atomic mass is 16.5. The molecule has 2 aromatic rings. The van der Waals surface area contributed by atoms with E-state index in [1.54, 1.807) is 30.5 Å². The molecule has 1 aromatic heterocycles. The molecular formula is C15H12N2O3. The van der Waals surface area contributed by atoms with E-state index in [0.29, 0.717) is 28.0 Å². The molecule has 0 spiro atoms. The van der Waals surface area contributed by atoms with E-state index in [-0.39, 0.29) is 0 Å². The van der Waals surface area contributed by atoms with Crippen molar-refractivity contribution in [1.29, 1.82) is 5.26 Å². The summed E-state index contributed by atoms with van der Waals surface area (Å²) < 4.78 is 10.0. The molecule has 5 heteroatoms. The maximum absolute atomic E-state index is 11.8. The first-order valence-electron chi connectivity index (χ1n) is 5.82. The summed E-state index contributed by atoms with van der Waals surface area (Å²) in [5, 5.41) is 8.91. The van der Waals surface area contributed by atoms with Gasteiger partial charge in [-0.1, -0.05) is 0 Å². The molecule has 0 atom stereocenters. The Kier molecular flexibility index (Phi) is 3.96. The Morgan fingerprint density at radius 1 is 1.25 bits per heavy atom. The molecule has 0 saturated heterocycles. The van der Waals surface area contributed by atoms with Crippen molar-refractivity contribution < 1.29 is 14.3 Å². The fraction of sp³-hybridized carbons (Fsp3) is 0.133. The van der Waals surface area contributed by atoms with Crippen LogP contribution in [-0.4, -0.2) is 25.2 Å². The molecule has 0 aliphatic carbocycles. The van der Waals surface area contributed by atoms with Crippen LogP contribution in [0, 0.1) is 11.3 Å². The summed E-state index contributed by atoms with van der Waals surface area (Å²) in [6.07, 6.45) is 3.09. The van der Waals surface area contributed by atoms with Gasteiger partial charge in [-0.2, -0.15) is 5.26 Å². The SMILES string of the molecule is COC(=O)c1ccncc1-c1ccc(C#N)cc1OC. The van der Waals surface area contributed by atoms with Crippen LogP contribution in [0.25, 0.3) is 11.1 Å². The minimum atomic E-state index is -0.450. The van der Waals surface area contributed by atoms with Crippen LogP contribution in [0.5, 0.6) is 5.75 Å². The van der Waals surface area contributed by atoms with E-state index in [4.69, 9.17) is 14.7 Å². The molecule has 0 aliphatic rings. The lowest BCUT2D eigenvalue weighted by molar-refractivity contribution is 0.0601. The van der Waals surface area contributed by atoms with Crippen LogP contribution in [0.2, 0.25) is 0 Å². The average Bonchev–Trinajstić information content (AvgIpc) is 2.53. The van der Waals surface area contributed by atoms with Crippen LogP contribution in [0.1, 0.15) is 15.9 Å². The standard InChI is InChI=1S/C15H12N2O3/c1-19-14-7-10(8-16)3-4-11(14)13-9-17-6-5-12(13)15(18)20-2/h3-7,9H,1-2H3. The van der Waals surface area contributed by atoms with Crippen LogP contribution < -0.4 is 4.74 Å². The Labute approximate surface area is 116 Å². The van der Waals surface area contributed by atoms with E-state index < -0.39 is 5.97 Å². The molecule has 2 rings (SSSR count). The summed E-state index contributed by atoms with van der Waals surface area (Å²) in [5.74, 6) is 0.0519. The maximum atomic E-state index is 11.8. The second-order valence-corrected chi connectivity index (χ2v) is 3.94. The summed E-state index contributed by atoms with van der Waals surface area (Å²) in [7, 11) is 2.83. The number of nitrogens with zero attached hydrogens (tertiary/aromatic N) is 2. The first-order valence-corrected chi connectivity index (χ1v) is 5.82. The van der Waals surface area contributed by atoms with Gasteiger partial charge in [-0.05, 0) is 24.3 Å². The van der Waals surface area contributed by atoms with Gasteiger partial charge < -0.3 is 9.47 Å². The van der Waals surface area contributed by atoms with E-state index in [1.165, 1.54) is 20.4 Å². The summed E-state index contributed by atoms with van der Waals surface area (Å²) in [4.78, 5) is 15.8. The van der Waals surface area contributed by atoms with Crippen LogP contribution >= 0.6 is 0 Å².